The van der Waals surface area contributed by atoms with Crippen LogP contribution >= 0.6 is 0 Å². The van der Waals surface area contributed by atoms with Gasteiger partial charge in [0.1, 0.15) is 17.3 Å². The first kappa shape index (κ1) is 15.9. The largest absolute Gasteiger partial charge is 0.440 e. The number of hydrogen-bond donors (Lipinski definition) is 0. The van der Waals surface area contributed by atoms with Crippen LogP contribution < -0.4 is 0 Å². The second kappa shape index (κ2) is 6.73. The van der Waals surface area contributed by atoms with Gasteiger partial charge >= 0.3 is 0 Å². The quantitative estimate of drug-likeness (QED) is 0.726. The summed E-state index contributed by atoms with van der Waals surface area (Å²) in [6, 6.07) is 12.2. The highest BCUT2D eigenvalue weighted by molar-refractivity contribution is 5.72. The van der Waals surface area contributed by atoms with Crippen LogP contribution in [0.3, 0.4) is 0 Å². The van der Waals surface area contributed by atoms with E-state index in [0.29, 0.717) is 5.92 Å². The van der Waals surface area contributed by atoms with Crippen molar-refractivity contribution in [3.63, 3.8) is 0 Å². The number of hydrogen-bond acceptors (Lipinski definition) is 4. The Hall–Kier alpha value is -2.58. The Balaban J connectivity index is 1.49. The van der Waals surface area contributed by atoms with Crippen molar-refractivity contribution >= 4 is 11.1 Å². The summed E-state index contributed by atoms with van der Waals surface area (Å²) in [7, 11) is 0. The van der Waals surface area contributed by atoms with E-state index in [4.69, 9.17) is 4.42 Å². The molecule has 2 aromatic heterocycles. The molecule has 0 spiro atoms. The van der Waals surface area contributed by atoms with Crippen molar-refractivity contribution < 1.29 is 4.42 Å². The summed E-state index contributed by atoms with van der Waals surface area (Å²) in [6.45, 7) is 5.80. The third-order valence-electron chi connectivity index (χ3n) is 4.98. The van der Waals surface area contributed by atoms with Gasteiger partial charge in [0.15, 0.2) is 11.5 Å². The molecule has 25 heavy (non-hydrogen) atoms. The van der Waals surface area contributed by atoms with E-state index in [2.05, 4.69) is 29.1 Å². The maximum absolute atomic E-state index is 9.22. The van der Waals surface area contributed by atoms with Crippen molar-refractivity contribution in [2.24, 2.45) is 0 Å². The van der Waals surface area contributed by atoms with E-state index in [-0.39, 0.29) is 0 Å². The van der Waals surface area contributed by atoms with Gasteiger partial charge in [-0.05, 0) is 50.1 Å². The lowest BCUT2D eigenvalue weighted by Crippen LogP contribution is -2.33. The van der Waals surface area contributed by atoms with E-state index in [1.165, 1.54) is 5.56 Å². The first-order valence-corrected chi connectivity index (χ1v) is 8.93. The highest BCUT2D eigenvalue weighted by Gasteiger charge is 2.25. The monoisotopic (exact) mass is 334 g/mol. The highest BCUT2D eigenvalue weighted by Crippen LogP contribution is 2.29. The number of likely N-dealkylation sites (tertiary alicyclic amines) is 1. The molecular weight excluding hydrogens is 312 g/mol. The third kappa shape index (κ3) is 3.18. The predicted octanol–water partition coefficient (Wildman–Crippen LogP) is 3.90. The predicted molar refractivity (Wildman–Crippen MR) is 96.1 cm³/mol. The van der Waals surface area contributed by atoms with Gasteiger partial charge in [0.25, 0.3) is 0 Å². The topological polar surface area (TPSA) is 58.0 Å². The van der Waals surface area contributed by atoms with Crippen molar-refractivity contribution in [2.75, 3.05) is 13.1 Å². The summed E-state index contributed by atoms with van der Waals surface area (Å²) in [5.41, 5.74) is 3.75. The normalized spacial score (nSPS) is 18.5. The lowest BCUT2D eigenvalue weighted by molar-refractivity contribution is 0.187. The number of piperidine rings is 1. The van der Waals surface area contributed by atoms with Gasteiger partial charge in [-0.25, -0.2) is 4.98 Å². The fourth-order valence-electron chi connectivity index (χ4n) is 3.73. The zero-order valence-corrected chi connectivity index (χ0v) is 14.5. The van der Waals surface area contributed by atoms with Crippen molar-refractivity contribution in [2.45, 2.75) is 38.8 Å². The molecule has 5 heteroatoms. The number of nitrogens with zero attached hydrogens (tertiary/aromatic N) is 4. The van der Waals surface area contributed by atoms with E-state index in [1.54, 1.807) is 0 Å². The molecule has 128 valence electrons. The minimum Gasteiger partial charge on any atom is -0.440 e. The average Bonchev–Trinajstić information content (AvgIpc) is 3.25. The molecule has 1 aromatic carbocycles. The average molecular weight is 334 g/mol. The Morgan fingerprint density at radius 1 is 1.36 bits per heavy atom. The van der Waals surface area contributed by atoms with Crippen LogP contribution in [0.4, 0.5) is 0 Å². The molecule has 4 rings (SSSR count). The smallest absolute Gasteiger partial charge is 0.199 e. The van der Waals surface area contributed by atoms with Crippen LogP contribution in [0, 0.1) is 11.3 Å². The minimum absolute atomic E-state index is 0.338. The van der Waals surface area contributed by atoms with Gasteiger partial charge in [0.2, 0.25) is 0 Å². The van der Waals surface area contributed by atoms with Crippen LogP contribution in [-0.4, -0.2) is 27.5 Å². The Kier molecular flexibility index (Phi) is 4.29. The summed E-state index contributed by atoms with van der Waals surface area (Å²) in [6.07, 6.45) is 4.35. The molecule has 1 saturated heterocycles. The van der Waals surface area contributed by atoms with Crippen LogP contribution in [0.25, 0.3) is 11.1 Å². The van der Waals surface area contributed by atoms with Crippen LogP contribution in [0.1, 0.15) is 42.8 Å². The minimum atomic E-state index is 0.338. The Bertz CT molecular complexity index is 884. The van der Waals surface area contributed by atoms with Crippen molar-refractivity contribution in [3.8, 4) is 6.07 Å². The number of oxazole rings is 1. The molecule has 1 aliphatic heterocycles. The summed E-state index contributed by atoms with van der Waals surface area (Å²) in [5, 5.41) is 9.22. The highest BCUT2D eigenvalue weighted by atomic mass is 16.3. The molecular formula is C20H22N4O. The van der Waals surface area contributed by atoms with Gasteiger partial charge in [-0.3, -0.25) is 4.90 Å². The second-order valence-electron chi connectivity index (χ2n) is 6.73. The molecule has 0 amide bonds. The van der Waals surface area contributed by atoms with E-state index < -0.39 is 0 Å². The summed E-state index contributed by atoms with van der Waals surface area (Å²) < 4.78 is 7.99. The van der Waals surface area contributed by atoms with Crippen LogP contribution in [-0.2, 0) is 13.1 Å². The Morgan fingerprint density at radius 2 is 2.24 bits per heavy atom. The van der Waals surface area contributed by atoms with E-state index in [1.807, 2.05) is 34.9 Å². The Labute approximate surface area is 147 Å². The Morgan fingerprint density at radius 3 is 3.00 bits per heavy atom. The van der Waals surface area contributed by atoms with E-state index in [0.717, 1.165) is 61.7 Å². The number of aryl methyl sites for hydroxylation is 1. The van der Waals surface area contributed by atoms with Crippen LogP contribution in [0.2, 0.25) is 0 Å². The zero-order chi connectivity index (χ0) is 17.2. The van der Waals surface area contributed by atoms with Crippen molar-refractivity contribution in [1.82, 2.24) is 14.5 Å². The SMILES string of the molecule is CCn1cc(CN2CCC[C@@H](c3nc4ccccc4o3)C2)cc1C#N. The molecule has 1 atom stereocenters. The van der Waals surface area contributed by atoms with Gasteiger partial charge in [-0.15, -0.1) is 0 Å². The maximum atomic E-state index is 9.22. The number of nitriles is 1. The number of fused-ring (bicyclic) bond motifs is 1. The molecule has 3 aromatic rings. The zero-order valence-electron chi connectivity index (χ0n) is 14.5. The molecule has 3 heterocycles. The van der Waals surface area contributed by atoms with Gasteiger partial charge < -0.3 is 8.98 Å². The second-order valence-corrected chi connectivity index (χ2v) is 6.73. The summed E-state index contributed by atoms with van der Waals surface area (Å²) in [5.74, 6) is 1.19. The summed E-state index contributed by atoms with van der Waals surface area (Å²) in [4.78, 5) is 7.13. The van der Waals surface area contributed by atoms with E-state index >= 15 is 0 Å². The lowest BCUT2D eigenvalue weighted by Gasteiger charge is -2.30. The molecule has 5 nitrogen and oxygen atoms in total. The van der Waals surface area contributed by atoms with Crippen molar-refractivity contribution in [1.29, 1.82) is 5.26 Å². The number of rotatable bonds is 4. The fraction of sp³-hybridized carbons (Fsp3) is 0.400. The number of para-hydroxylation sites is 2. The van der Waals surface area contributed by atoms with E-state index in [9.17, 15) is 5.26 Å². The molecule has 0 saturated carbocycles. The van der Waals surface area contributed by atoms with Gasteiger partial charge in [-0.2, -0.15) is 5.26 Å². The first-order valence-electron chi connectivity index (χ1n) is 8.93. The van der Waals surface area contributed by atoms with Crippen LogP contribution in [0.15, 0.2) is 40.9 Å². The molecule has 0 unspecified atom stereocenters. The van der Waals surface area contributed by atoms with Crippen molar-refractivity contribution in [3.05, 3.63) is 53.7 Å². The number of benzene rings is 1. The standard InChI is InChI=1S/C20H22N4O/c1-2-24-13-15(10-17(24)11-21)12-23-9-5-6-16(14-23)20-22-18-7-3-4-8-19(18)25-20/h3-4,7-8,10,13,16H,2,5-6,9,12,14H2,1H3/t16-/m1/s1. The van der Waals surface area contributed by atoms with Gasteiger partial charge in [0, 0.05) is 31.7 Å². The molecule has 1 aliphatic rings. The molecule has 1 fully saturated rings. The molecule has 0 N–H and O–H groups in total. The molecule has 0 radical (unpaired) electrons. The summed E-state index contributed by atoms with van der Waals surface area (Å²) >= 11 is 0. The molecule has 0 aliphatic carbocycles. The molecule has 0 bridgehead atoms. The number of aromatic nitrogens is 2. The third-order valence-corrected chi connectivity index (χ3v) is 4.98. The maximum Gasteiger partial charge on any atom is 0.199 e. The van der Waals surface area contributed by atoms with Gasteiger partial charge in [-0.1, -0.05) is 12.1 Å². The van der Waals surface area contributed by atoms with Gasteiger partial charge in [0.05, 0.1) is 0 Å². The first-order chi connectivity index (χ1) is 12.3. The lowest BCUT2D eigenvalue weighted by atomic mass is 9.97. The van der Waals surface area contributed by atoms with Crippen LogP contribution in [0.5, 0.6) is 0 Å². The fourth-order valence-corrected chi connectivity index (χ4v) is 3.73.